The van der Waals surface area contributed by atoms with E-state index in [9.17, 15) is 24.3 Å². The highest BCUT2D eigenvalue weighted by molar-refractivity contribution is 7.80. The summed E-state index contributed by atoms with van der Waals surface area (Å²) in [5.41, 5.74) is 8.92. The molecule has 6 N–H and O–H groups in total. The van der Waals surface area contributed by atoms with Crippen molar-refractivity contribution in [2.24, 2.45) is 5.73 Å². The molecule has 1 fully saturated rings. The number of benzene rings is 2. The topological polar surface area (TPSA) is 158 Å². The number of carbonyl (C=O) groups is 4. The molecule has 0 bridgehead atoms. The van der Waals surface area contributed by atoms with Gasteiger partial charge in [0.25, 0.3) is 0 Å². The van der Waals surface area contributed by atoms with Crippen molar-refractivity contribution in [3.05, 3.63) is 71.9 Å². The van der Waals surface area contributed by atoms with Gasteiger partial charge in [0.05, 0.1) is 6.04 Å². The smallest absolute Gasteiger partial charge is 0.326 e. The fourth-order valence-electron chi connectivity index (χ4n) is 4.93. The number of carbonyl (C=O) groups excluding carboxylic acids is 3. The van der Waals surface area contributed by atoms with Gasteiger partial charge in [0, 0.05) is 35.8 Å². The molecule has 11 heteroatoms. The molecule has 4 unspecified atom stereocenters. The normalized spacial score (nSPS) is 17.4. The van der Waals surface area contributed by atoms with E-state index in [0.717, 1.165) is 22.0 Å². The van der Waals surface area contributed by atoms with Gasteiger partial charge >= 0.3 is 5.97 Å². The lowest BCUT2D eigenvalue weighted by atomic mass is 10.0. The number of hydrogen-bond acceptors (Lipinski definition) is 6. The molecule has 1 saturated heterocycles. The molecule has 39 heavy (non-hydrogen) atoms. The number of carboxylic acids is 1. The van der Waals surface area contributed by atoms with Crippen LogP contribution in [0.4, 0.5) is 0 Å². The molecule has 1 aliphatic rings. The molecular formula is C28H33N5O5S. The van der Waals surface area contributed by atoms with Gasteiger partial charge in [0.1, 0.15) is 18.1 Å². The van der Waals surface area contributed by atoms with E-state index in [2.05, 4.69) is 28.2 Å². The first-order valence-electron chi connectivity index (χ1n) is 12.9. The molecule has 10 nitrogen and oxygen atoms in total. The van der Waals surface area contributed by atoms with E-state index in [1.807, 2.05) is 36.5 Å². The second-order valence-corrected chi connectivity index (χ2v) is 10.1. The number of amides is 3. The van der Waals surface area contributed by atoms with Crippen molar-refractivity contribution in [3.63, 3.8) is 0 Å². The Morgan fingerprint density at radius 1 is 1.03 bits per heavy atom. The highest BCUT2D eigenvalue weighted by Gasteiger charge is 2.38. The van der Waals surface area contributed by atoms with Gasteiger partial charge in [-0.25, -0.2) is 4.79 Å². The van der Waals surface area contributed by atoms with Crippen molar-refractivity contribution in [3.8, 4) is 0 Å². The van der Waals surface area contributed by atoms with Crippen LogP contribution < -0.4 is 16.4 Å². The molecule has 0 radical (unpaired) electrons. The number of rotatable bonds is 11. The summed E-state index contributed by atoms with van der Waals surface area (Å²) < 4.78 is 0. The molecule has 0 saturated carbocycles. The lowest BCUT2D eigenvalue weighted by Crippen LogP contribution is -2.57. The number of nitrogens with zero attached hydrogens (tertiary/aromatic N) is 1. The Balaban J connectivity index is 1.37. The van der Waals surface area contributed by atoms with Crippen molar-refractivity contribution >= 4 is 47.2 Å². The predicted octanol–water partition coefficient (Wildman–Crippen LogP) is 1.26. The van der Waals surface area contributed by atoms with Crippen LogP contribution >= 0.6 is 12.6 Å². The SMILES string of the molecule is NC(Cc1c[nH]c2ccccc12)C(=O)N1CCCC1C(=O)NC(CS)C(=O)NC(Cc1ccccc1)C(=O)O. The Morgan fingerprint density at radius 2 is 1.74 bits per heavy atom. The first-order chi connectivity index (χ1) is 18.8. The fraction of sp³-hybridized carbons (Fsp3) is 0.357. The van der Waals surface area contributed by atoms with Crippen molar-refractivity contribution in [1.29, 1.82) is 0 Å². The third kappa shape index (κ3) is 6.79. The third-order valence-corrected chi connectivity index (χ3v) is 7.35. The predicted molar refractivity (Wildman–Crippen MR) is 150 cm³/mol. The lowest BCUT2D eigenvalue weighted by Gasteiger charge is -2.28. The summed E-state index contributed by atoms with van der Waals surface area (Å²) in [6.45, 7) is 0.383. The van der Waals surface area contributed by atoms with Crippen molar-refractivity contribution in [2.75, 3.05) is 12.3 Å². The maximum absolute atomic E-state index is 13.3. The average Bonchev–Trinajstić information content (AvgIpc) is 3.59. The van der Waals surface area contributed by atoms with Crippen molar-refractivity contribution in [2.45, 2.75) is 49.9 Å². The van der Waals surface area contributed by atoms with Gasteiger partial charge in [-0.05, 0) is 36.5 Å². The summed E-state index contributed by atoms with van der Waals surface area (Å²) in [5, 5.41) is 15.8. The second kappa shape index (κ2) is 12.8. The molecule has 3 aromatic rings. The molecule has 1 aromatic heterocycles. The Bertz CT molecular complexity index is 1330. The Morgan fingerprint density at radius 3 is 2.46 bits per heavy atom. The van der Waals surface area contributed by atoms with Crippen LogP contribution in [0, 0.1) is 0 Å². The maximum atomic E-state index is 13.3. The number of hydrogen-bond donors (Lipinski definition) is 6. The molecule has 206 valence electrons. The van der Waals surface area contributed by atoms with Gasteiger partial charge in [-0.3, -0.25) is 14.4 Å². The minimum Gasteiger partial charge on any atom is -0.480 e. The van der Waals surface area contributed by atoms with Crippen LogP contribution in [0.1, 0.15) is 24.0 Å². The fourth-order valence-corrected chi connectivity index (χ4v) is 5.18. The number of carboxylic acid groups (broad SMARTS) is 1. The van der Waals surface area contributed by atoms with Crippen LogP contribution in [-0.4, -0.2) is 75.1 Å². The van der Waals surface area contributed by atoms with E-state index in [-0.39, 0.29) is 18.1 Å². The lowest BCUT2D eigenvalue weighted by molar-refractivity contribution is -0.142. The minimum absolute atomic E-state index is 0.0456. The molecule has 1 aliphatic heterocycles. The average molecular weight is 552 g/mol. The number of aliphatic carboxylic acids is 1. The first-order valence-corrected chi connectivity index (χ1v) is 13.5. The molecule has 3 amide bonds. The van der Waals surface area contributed by atoms with Gasteiger partial charge in [0.2, 0.25) is 17.7 Å². The summed E-state index contributed by atoms with van der Waals surface area (Å²) in [5.74, 6) is -2.72. The number of H-pyrrole nitrogens is 1. The van der Waals surface area contributed by atoms with E-state index < -0.39 is 42.0 Å². The van der Waals surface area contributed by atoms with E-state index in [1.165, 1.54) is 4.90 Å². The largest absolute Gasteiger partial charge is 0.480 e. The number of para-hydroxylation sites is 1. The van der Waals surface area contributed by atoms with Gasteiger partial charge in [-0.2, -0.15) is 12.6 Å². The van der Waals surface area contributed by atoms with E-state index in [4.69, 9.17) is 5.73 Å². The number of aromatic nitrogens is 1. The highest BCUT2D eigenvalue weighted by atomic mass is 32.1. The molecule has 4 rings (SSSR count). The van der Waals surface area contributed by atoms with Crippen LogP contribution in [-0.2, 0) is 32.0 Å². The second-order valence-electron chi connectivity index (χ2n) is 9.69. The summed E-state index contributed by atoms with van der Waals surface area (Å²) in [7, 11) is 0. The molecule has 0 aliphatic carbocycles. The van der Waals surface area contributed by atoms with Crippen LogP contribution in [0.5, 0.6) is 0 Å². The highest BCUT2D eigenvalue weighted by Crippen LogP contribution is 2.22. The number of likely N-dealkylation sites (tertiary alicyclic amines) is 1. The molecule has 0 spiro atoms. The summed E-state index contributed by atoms with van der Waals surface area (Å²) in [6.07, 6.45) is 3.30. The van der Waals surface area contributed by atoms with Crippen molar-refractivity contribution in [1.82, 2.24) is 20.5 Å². The maximum Gasteiger partial charge on any atom is 0.326 e. The third-order valence-electron chi connectivity index (χ3n) is 6.98. The number of fused-ring (bicyclic) bond motifs is 1. The molecular weight excluding hydrogens is 518 g/mol. The standard InChI is InChI=1S/C28H33N5O5S/c29-20(14-18-15-30-21-10-5-4-9-19(18)21)27(36)33-12-6-11-24(33)26(35)32-23(16-39)25(34)31-22(28(37)38)13-17-7-2-1-3-8-17/h1-5,7-10,15,20,22-24,30,39H,6,11-14,16,29H2,(H,31,34)(H,32,35)(H,37,38). The van der Waals surface area contributed by atoms with E-state index in [0.29, 0.717) is 25.8 Å². The zero-order valence-electron chi connectivity index (χ0n) is 21.4. The molecule has 2 aromatic carbocycles. The quantitative estimate of drug-likeness (QED) is 0.197. The number of nitrogens with one attached hydrogen (secondary N) is 3. The first kappa shape index (κ1) is 28.2. The molecule has 2 heterocycles. The zero-order chi connectivity index (χ0) is 27.9. The van der Waals surface area contributed by atoms with Gasteiger partial charge in [-0.15, -0.1) is 0 Å². The van der Waals surface area contributed by atoms with Gasteiger partial charge in [0.15, 0.2) is 0 Å². The Labute approximate surface area is 231 Å². The van der Waals surface area contributed by atoms with Gasteiger partial charge < -0.3 is 31.4 Å². The monoisotopic (exact) mass is 551 g/mol. The number of aromatic amines is 1. The minimum atomic E-state index is -1.19. The van der Waals surface area contributed by atoms with Gasteiger partial charge in [-0.1, -0.05) is 48.5 Å². The Hall–Kier alpha value is -3.83. The molecule has 4 atom stereocenters. The van der Waals surface area contributed by atoms with Crippen LogP contribution in [0.25, 0.3) is 10.9 Å². The summed E-state index contributed by atoms with van der Waals surface area (Å²) in [4.78, 5) is 55.7. The van der Waals surface area contributed by atoms with Crippen LogP contribution in [0.2, 0.25) is 0 Å². The number of thiol groups is 1. The van der Waals surface area contributed by atoms with E-state index >= 15 is 0 Å². The Kier molecular flexibility index (Phi) is 9.26. The van der Waals surface area contributed by atoms with Crippen LogP contribution in [0.15, 0.2) is 60.8 Å². The van der Waals surface area contributed by atoms with E-state index in [1.54, 1.807) is 24.3 Å². The summed E-state index contributed by atoms with van der Waals surface area (Å²) in [6, 6.07) is 12.8. The van der Waals surface area contributed by atoms with Crippen molar-refractivity contribution < 1.29 is 24.3 Å². The number of nitrogens with two attached hydrogens (primary N) is 1. The van der Waals surface area contributed by atoms with Crippen LogP contribution in [0.3, 0.4) is 0 Å². The zero-order valence-corrected chi connectivity index (χ0v) is 22.3. The summed E-state index contributed by atoms with van der Waals surface area (Å²) >= 11 is 4.19.